The molecule has 3 rings (SSSR count). The van der Waals surface area contributed by atoms with E-state index in [1.165, 1.54) is 5.56 Å². The summed E-state index contributed by atoms with van der Waals surface area (Å²) in [6, 6.07) is 20.5. The van der Waals surface area contributed by atoms with Crippen molar-refractivity contribution in [2.45, 2.75) is 6.92 Å². The standard InChI is InChI=1S/C18H16N2/c1-14-6-2-4-8-17(14)19-13-12-16-11-10-15-7-3-5-9-18(15)20-16/h2-13,19H,1H3. The number of hydrogen-bond acceptors (Lipinski definition) is 2. The molecule has 0 aliphatic heterocycles. The van der Waals surface area contributed by atoms with Gasteiger partial charge in [0.25, 0.3) is 0 Å². The van der Waals surface area contributed by atoms with Crippen molar-refractivity contribution in [2.75, 3.05) is 5.32 Å². The van der Waals surface area contributed by atoms with Gasteiger partial charge in [0.2, 0.25) is 0 Å². The van der Waals surface area contributed by atoms with Crippen LogP contribution in [0.5, 0.6) is 0 Å². The van der Waals surface area contributed by atoms with Gasteiger partial charge < -0.3 is 5.32 Å². The Hall–Kier alpha value is -2.61. The molecule has 0 unspecified atom stereocenters. The first-order valence-corrected chi connectivity index (χ1v) is 6.67. The maximum absolute atomic E-state index is 4.60. The molecule has 0 aliphatic rings. The van der Waals surface area contributed by atoms with Crippen LogP contribution in [-0.4, -0.2) is 4.98 Å². The van der Waals surface area contributed by atoms with Crippen LogP contribution >= 0.6 is 0 Å². The van der Waals surface area contributed by atoms with Gasteiger partial charge in [-0.1, -0.05) is 42.5 Å². The Morgan fingerprint density at radius 1 is 0.900 bits per heavy atom. The van der Waals surface area contributed by atoms with E-state index < -0.39 is 0 Å². The molecule has 20 heavy (non-hydrogen) atoms. The van der Waals surface area contributed by atoms with Crippen LogP contribution in [0.1, 0.15) is 11.3 Å². The molecule has 0 aliphatic carbocycles. The highest BCUT2D eigenvalue weighted by molar-refractivity contribution is 5.79. The van der Waals surface area contributed by atoms with E-state index in [0.29, 0.717) is 0 Å². The fourth-order valence-corrected chi connectivity index (χ4v) is 2.13. The number of aromatic nitrogens is 1. The van der Waals surface area contributed by atoms with E-state index in [9.17, 15) is 0 Å². The predicted molar refractivity (Wildman–Crippen MR) is 85.6 cm³/mol. The number of pyridine rings is 1. The van der Waals surface area contributed by atoms with Gasteiger partial charge in [-0.25, -0.2) is 4.98 Å². The first kappa shape index (κ1) is 12.4. The number of nitrogens with zero attached hydrogens (tertiary/aromatic N) is 1. The summed E-state index contributed by atoms with van der Waals surface area (Å²) in [4.78, 5) is 4.60. The maximum Gasteiger partial charge on any atom is 0.0709 e. The van der Waals surface area contributed by atoms with Crippen LogP contribution in [0.15, 0.2) is 66.9 Å². The van der Waals surface area contributed by atoms with Crippen molar-refractivity contribution in [2.24, 2.45) is 0 Å². The minimum Gasteiger partial charge on any atom is -0.361 e. The predicted octanol–water partition coefficient (Wildman–Crippen LogP) is 4.63. The van der Waals surface area contributed by atoms with Crippen LogP contribution in [0.4, 0.5) is 5.69 Å². The molecular weight excluding hydrogens is 244 g/mol. The van der Waals surface area contributed by atoms with E-state index >= 15 is 0 Å². The highest BCUT2D eigenvalue weighted by Crippen LogP contribution is 2.15. The maximum atomic E-state index is 4.60. The van der Waals surface area contributed by atoms with Crippen molar-refractivity contribution in [3.05, 3.63) is 78.1 Å². The fraction of sp³-hybridized carbons (Fsp3) is 0.0556. The Morgan fingerprint density at radius 3 is 2.60 bits per heavy atom. The Balaban J connectivity index is 1.79. The third-order valence-electron chi connectivity index (χ3n) is 3.26. The second-order valence-corrected chi connectivity index (χ2v) is 4.72. The van der Waals surface area contributed by atoms with Crippen molar-refractivity contribution in [1.82, 2.24) is 4.98 Å². The molecular formula is C18H16N2. The summed E-state index contributed by atoms with van der Waals surface area (Å²) in [7, 11) is 0. The van der Waals surface area contributed by atoms with Gasteiger partial charge in [-0.2, -0.15) is 0 Å². The summed E-state index contributed by atoms with van der Waals surface area (Å²) in [5.74, 6) is 0. The number of para-hydroxylation sites is 2. The quantitative estimate of drug-likeness (QED) is 0.743. The largest absolute Gasteiger partial charge is 0.361 e. The molecule has 98 valence electrons. The minimum absolute atomic E-state index is 0.949. The van der Waals surface area contributed by atoms with Crippen LogP contribution in [0.2, 0.25) is 0 Å². The third kappa shape index (κ3) is 2.69. The lowest BCUT2D eigenvalue weighted by Crippen LogP contribution is -1.90. The summed E-state index contributed by atoms with van der Waals surface area (Å²) in [5, 5.41) is 4.45. The molecule has 0 atom stereocenters. The molecule has 1 aromatic heterocycles. The molecule has 0 saturated carbocycles. The molecule has 2 nitrogen and oxygen atoms in total. The van der Waals surface area contributed by atoms with Gasteiger partial charge in [-0.05, 0) is 36.8 Å². The van der Waals surface area contributed by atoms with Crippen LogP contribution < -0.4 is 5.32 Å². The van der Waals surface area contributed by atoms with Gasteiger partial charge in [0.05, 0.1) is 11.2 Å². The topological polar surface area (TPSA) is 24.9 Å². The fourth-order valence-electron chi connectivity index (χ4n) is 2.13. The monoisotopic (exact) mass is 260 g/mol. The first-order chi connectivity index (χ1) is 9.83. The smallest absolute Gasteiger partial charge is 0.0709 e. The second-order valence-electron chi connectivity index (χ2n) is 4.72. The highest BCUT2D eigenvalue weighted by atomic mass is 14.8. The highest BCUT2D eigenvalue weighted by Gasteiger charge is 1.95. The molecule has 0 saturated heterocycles. The van der Waals surface area contributed by atoms with Crippen LogP contribution in [-0.2, 0) is 0 Å². The van der Waals surface area contributed by atoms with Crippen LogP contribution in [0.3, 0.4) is 0 Å². The lowest BCUT2D eigenvalue weighted by Gasteiger charge is -2.04. The van der Waals surface area contributed by atoms with Crippen LogP contribution in [0, 0.1) is 6.92 Å². The van der Waals surface area contributed by atoms with Gasteiger partial charge in [0, 0.05) is 17.3 Å². The number of nitrogens with one attached hydrogen (secondary N) is 1. The SMILES string of the molecule is Cc1ccccc1NC=Cc1ccc2ccccc2n1. The summed E-state index contributed by atoms with van der Waals surface area (Å²) in [6.07, 6.45) is 3.92. The summed E-state index contributed by atoms with van der Waals surface area (Å²) >= 11 is 0. The van der Waals surface area contributed by atoms with Gasteiger partial charge in [-0.3, -0.25) is 0 Å². The molecule has 2 heteroatoms. The van der Waals surface area contributed by atoms with E-state index in [0.717, 1.165) is 22.3 Å². The first-order valence-electron chi connectivity index (χ1n) is 6.67. The lowest BCUT2D eigenvalue weighted by atomic mass is 10.2. The zero-order valence-corrected chi connectivity index (χ0v) is 11.4. The van der Waals surface area contributed by atoms with Gasteiger partial charge in [0.15, 0.2) is 0 Å². The van der Waals surface area contributed by atoms with Crippen molar-refractivity contribution in [3.63, 3.8) is 0 Å². The van der Waals surface area contributed by atoms with Crippen LogP contribution in [0.25, 0.3) is 17.0 Å². The average molecular weight is 260 g/mol. The summed E-state index contributed by atoms with van der Waals surface area (Å²) < 4.78 is 0. The number of anilines is 1. The zero-order chi connectivity index (χ0) is 13.8. The molecule has 0 radical (unpaired) electrons. The Bertz CT molecular complexity index is 760. The Morgan fingerprint density at radius 2 is 1.70 bits per heavy atom. The van der Waals surface area contributed by atoms with Crippen molar-refractivity contribution in [1.29, 1.82) is 0 Å². The molecule has 0 bridgehead atoms. The molecule has 1 N–H and O–H groups in total. The Kier molecular flexibility index (Phi) is 3.46. The molecule has 3 aromatic rings. The summed E-state index contributed by atoms with van der Waals surface area (Å²) in [6.45, 7) is 2.09. The number of aryl methyl sites for hydroxylation is 1. The Labute approximate surface area is 118 Å². The van der Waals surface area contributed by atoms with Crippen molar-refractivity contribution >= 4 is 22.7 Å². The summed E-state index contributed by atoms with van der Waals surface area (Å²) in [5.41, 5.74) is 4.31. The number of benzene rings is 2. The molecule has 0 fully saturated rings. The molecule has 0 spiro atoms. The number of hydrogen-bond donors (Lipinski definition) is 1. The number of fused-ring (bicyclic) bond motifs is 1. The average Bonchev–Trinajstić information content (AvgIpc) is 2.49. The van der Waals surface area contributed by atoms with E-state index in [1.807, 2.05) is 48.7 Å². The number of rotatable bonds is 3. The lowest BCUT2D eigenvalue weighted by molar-refractivity contribution is 1.37. The van der Waals surface area contributed by atoms with E-state index in [-0.39, 0.29) is 0 Å². The second kappa shape index (κ2) is 5.57. The van der Waals surface area contributed by atoms with Gasteiger partial charge >= 0.3 is 0 Å². The van der Waals surface area contributed by atoms with Gasteiger partial charge in [0.1, 0.15) is 0 Å². The molecule has 1 heterocycles. The zero-order valence-electron chi connectivity index (χ0n) is 11.4. The minimum atomic E-state index is 0.949. The van der Waals surface area contributed by atoms with E-state index in [4.69, 9.17) is 0 Å². The van der Waals surface area contributed by atoms with Gasteiger partial charge in [-0.15, -0.1) is 0 Å². The van der Waals surface area contributed by atoms with E-state index in [2.05, 4.69) is 41.5 Å². The van der Waals surface area contributed by atoms with Crippen molar-refractivity contribution < 1.29 is 0 Å². The van der Waals surface area contributed by atoms with E-state index in [1.54, 1.807) is 0 Å². The molecule has 0 amide bonds. The third-order valence-corrected chi connectivity index (χ3v) is 3.26. The molecule has 2 aromatic carbocycles. The van der Waals surface area contributed by atoms with Crippen molar-refractivity contribution in [3.8, 4) is 0 Å². The normalized spacial score (nSPS) is 11.1.